The Kier molecular flexibility index (Phi) is 5.24. The lowest BCUT2D eigenvalue weighted by Gasteiger charge is -2.10. The van der Waals surface area contributed by atoms with Gasteiger partial charge in [0.1, 0.15) is 11.9 Å². The molecule has 90 valence electrons. The normalized spacial score (nSPS) is 13.1. The smallest absolute Gasteiger partial charge is 0.265 e. The molecule has 1 aromatic rings. The number of hydrogen-bond donors (Lipinski definition) is 2. The van der Waals surface area contributed by atoms with Crippen molar-refractivity contribution >= 4 is 15.9 Å². The van der Waals surface area contributed by atoms with Crippen molar-refractivity contribution in [2.45, 2.75) is 19.1 Å². The highest BCUT2D eigenvalue weighted by Crippen LogP contribution is 2.16. The highest BCUT2D eigenvalue weighted by Gasteiger charge is 2.15. The van der Waals surface area contributed by atoms with Gasteiger partial charge in [-0.1, -0.05) is 6.07 Å². The summed E-state index contributed by atoms with van der Waals surface area (Å²) in [6.45, 7) is 0.00330. The molecule has 0 aliphatic heterocycles. The molecule has 0 spiro atoms. The highest BCUT2D eigenvalue weighted by atomic mass is 79.9. The third-order valence-electron chi connectivity index (χ3n) is 1.96. The maximum absolute atomic E-state index is 13.0. The Morgan fingerprint density at radius 1 is 1.38 bits per heavy atom. The molecule has 0 aliphatic rings. The van der Waals surface area contributed by atoms with Gasteiger partial charge in [0, 0.05) is 13.1 Å². The van der Waals surface area contributed by atoms with Crippen LogP contribution in [0.5, 0.6) is 0 Å². The monoisotopic (exact) mass is 297 g/mol. The van der Waals surface area contributed by atoms with Gasteiger partial charge < -0.3 is 10.4 Å². The number of aliphatic hydroxyl groups is 1. The van der Waals surface area contributed by atoms with E-state index < -0.39 is 18.3 Å². The predicted molar refractivity (Wildman–Crippen MR) is 57.8 cm³/mol. The summed E-state index contributed by atoms with van der Waals surface area (Å²) >= 11 is 3.01. The molecular weight excluding hydrogens is 287 g/mol. The van der Waals surface area contributed by atoms with Gasteiger partial charge in [-0.2, -0.15) is 0 Å². The maximum Gasteiger partial charge on any atom is 0.265 e. The molecular formula is C10H11BrF3NO. The molecule has 2 N–H and O–H groups in total. The van der Waals surface area contributed by atoms with Crippen molar-refractivity contribution in [3.05, 3.63) is 34.1 Å². The largest absolute Gasteiger partial charge is 0.386 e. The summed E-state index contributed by atoms with van der Waals surface area (Å²) in [5.74, 6) is -0.409. The number of alkyl halides is 2. The van der Waals surface area contributed by atoms with E-state index in [2.05, 4.69) is 21.2 Å². The molecule has 0 aromatic heterocycles. The van der Waals surface area contributed by atoms with Gasteiger partial charge >= 0.3 is 0 Å². The van der Waals surface area contributed by atoms with Gasteiger partial charge in [-0.25, -0.2) is 13.2 Å². The van der Waals surface area contributed by atoms with E-state index in [0.717, 1.165) is 0 Å². The molecule has 0 aliphatic carbocycles. The second-order valence-corrected chi connectivity index (χ2v) is 4.14. The third kappa shape index (κ3) is 4.11. The highest BCUT2D eigenvalue weighted by molar-refractivity contribution is 9.10. The van der Waals surface area contributed by atoms with Crippen molar-refractivity contribution < 1.29 is 18.3 Å². The van der Waals surface area contributed by atoms with Crippen molar-refractivity contribution in [3.8, 4) is 0 Å². The molecule has 0 heterocycles. The second-order valence-electron chi connectivity index (χ2n) is 3.28. The Bertz CT molecular complexity index is 349. The van der Waals surface area contributed by atoms with Crippen molar-refractivity contribution in [1.82, 2.24) is 5.32 Å². The van der Waals surface area contributed by atoms with E-state index in [9.17, 15) is 13.2 Å². The summed E-state index contributed by atoms with van der Waals surface area (Å²) in [4.78, 5) is 0. The van der Waals surface area contributed by atoms with E-state index in [1.54, 1.807) is 6.07 Å². The van der Waals surface area contributed by atoms with Crippen molar-refractivity contribution in [2.24, 2.45) is 0 Å². The third-order valence-corrected chi connectivity index (χ3v) is 2.60. The summed E-state index contributed by atoms with van der Waals surface area (Å²) in [6.07, 6.45) is -4.46. The van der Waals surface area contributed by atoms with Gasteiger partial charge in [-0.05, 0) is 33.6 Å². The lowest BCUT2D eigenvalue weighted by Crippen LogP contribution is -2.31. The molecule has 1 unspecified atom stereocenters. The van der Waals surface area contributed by atoms with Crippen LogP contribution in [0.25, 0.3) is 0 Å². The first-order valence-electron chi connectivity index (χ1n) is 4.61. The van der Waals surface area contributed by atoms with Crippen molar-refractivity contribution in [1.29, 1.82) is 0 Å². The Morgan fingerprint density at radius 2 is 2.06 bits per heavy atom. The fourth-order valence-corrected chi connectivity index (χ4v) is 1.35. The Hall–Kier alpha value is -0.590. The summed E-state index contributed by atoms with van der Waals surface area (Å²) in [6, 6.07) is 4.50. The lowest BCUT2D eigenvalue weighted by molar-refractivity contribution is -0.00341. The van der Waals surface area contributed by atoms with Gasteiger partial charge in [-0.15, -0.1) is 0 Å². The second kappa shape index (κ2) is 6.22. The van der Waals surface area contributed by atoms with Crippen LogP contribution in [0.2, 0.25) is 0 Å². The molecule has 2 nitrogen and oxygen atoms in total. The minimum Gasteiger partial charge on any atom is -0.386 e. The molecule has 16 heavy (non-hydrogen) atoms. The molecule has 1 atom stereocenters. The standard InChI is InChI=1S/C10H11BrF3NO/c11-7-2-1-6(3-8(7)12)4-15-5-9(16)10(13)14/h1-3,9-10,15-16H,4-5H2. The number of rotatable bonds is 5. The lowest BCUT2D eigenvalue weighted by atomic mass is 10.2. The Morgan fingerprint density at radius 3 is 2.62 bits per heavy atom. The van der Waals surface area contributed by atoms with Crippen molar-refractivity contribution in [2.75, 3.05) is 6.54 Å². The van der Waals surface area contributed by atoms with E-state index in [-0.39, 0.29) is 13.1 Å². The van der Waals surface area contributed by atoms with Crippen LogP contribution in [0.15, 0.2) is 22.7 Å². The van der Waals surface area contributed by atoms with E-state index in [1.807, 2.05) is 0 Å². The van der Waals surface area contributed by atoms with E-state index in [4.69, 9.17) is 5.11 Å². The molecule has 0 bridgehead atoms. The molecule has 1 aromatic carbocycles. The molecule has 0 radical (unpaired) electrons. The first-order chi connectivity index (χ1) is 7.50. The van der Waals surface area contributed by atoms with Crippen LogP contribution in [0.3, 0.4) is 0 Å². The topological polar surface area (TPSA) is 32.3 Å². The number of halogens is 4. The zero-order valence-electron chi connectivity index (χ0n) is 8.26. The minimum atomic E-state index is -2.77. The van der Waals surface area contributed by atoms with Crippen molar-refractivity contribution in [3.63, 3.8) is 0 Å². The first-order valence-corrected chi connectivity index (χ1v) is 5.41. The first kappa shape index (κ1) is 13.5. The molecule has 0 fully saturated rings. The number of hydrogen-bond acceptors (Lipinski definition) is 2. The van der Waals surface area contributed by atoms with Crippen LogP contribution >= 0.6 is 15.9 Å². The van der Waals surface area contributed by atoms with E-state index in [0.29, 0.717) is 10.0 Å². The molecule has 0 saturated carbocycles. The van der Waals surface area contributed by atoms with Crippen LogP contribution in [0, 0.1) is 5.82 Å². The fourth-order valence-electron chi connectivity index (χ4n) is 1.10. The molecule has 1 rings (SSSR count). The summed E-state index contributed by atoms with van der Waals surface area (Å²) < 4.78 is 37.2. The average Bonchev–Trinajstić information content (AvgIpc) is 2.23. The quantitative estimate of drug-likeness (QED) is 0.874. The number of benzene rings is 1. The van der Waals surface area contributed by atoms with Crippen LogP contribution in [-0.4, -0.2) is 24.2 Å². The zero-order chi connectivity index (χ0) is 12.1. The van der Waals surface area contributed by atoms with Gasteiger partial charge in [0.15, 0.2) is 0 Å². The number of aliphatic hydroxyl groups excluding tert-OH is 1. The fraction of sp³-hybridized carbons (Fsp3) is 0.400. The van der Waals surface area contributed by atoms with Crippen LogP contribution in [0.4, 0.5) is 13.2 Å². The summed E-state index contributed by atoms with van der Waals surface area (Å²) in [5, 5.41) is 11.4. The zero-order valence-corrected chi connectivity index (χ0v) is 9.85. The summed E-state index contributed by atoms with van der Waals surface area (Å²) in [7, 11) is 0. The average molecular weight is 298 g/mol. The van der Waals surface area contributed by atoms with E-state index in [1.165, 1.54) is 12.1 Å². The molecule has 6 heteroatoms. The maximum atomic E-state index is 13.0. The molecule has 0 saturated heterocycles. The Labute approximate surface area is 99.6 Å². The minimum absolute atomic E-state index is 0.227. The van der Waals surface area contributed by atoms with Crippen LogP contribution in [-0.2, 0) is 6.54 Å². The Balaban J connectivity index is 2.40. The summed E-state index contributed by atoms with van der Waals surface area (Å²) in [5.41, 5.74) is 0.627. The van der Waals surface area contributed by atoms with Crippen LogP contribution in [0.1, 0.15) is 5.56 Å². The van der Waals surface area contributed by atoms with Gasteiger partial charge in [-0.3, -0.25) is 0 Å². The van der Waals surface area contributed by atoms with Gasteiger partial charge in [0.2, 0.25) is 0 Å². The van der Waals surface area contributed by atoms with Crippen LogP contribution < -0.4 is 5.32 Å². The SMILES string of the molecule is OC(CNCc1ccc(Br)c(F)c1)C(F)F. The molecule has 0 amide bonds. The predicted octanol–water partition coefficient (Wildman–Crippen LogP) is 2.30. The van der Waals surface area contributed by atoms with Gasteiger partial charge in [0.25, 0.3) is 6.43 Å². The van der Waals surface area contributed by atoms with E-state index >= 15 is 0 Å². The number of nitrogens with one attached hydrogen (secondary N) is 1. The van der Waals surface area contributed by atoms with Gasteiger partial charge in [0.05, 0.1) is 4.47 Å².